The van der Waals surface area contributed by atoms with Gasteiger partial charge in [-0.15, -0.1) is 13.7 Å². The summed E-state index contributed by atoms with van der Waals surface area (Å²) >= 11 is 0. The Balaban J connectivity index is 2.48. The molecule has 1 fully saturated rings. The molecular weight excluding hydrogens is 248 g/mol. The lowest BCUT2D eigenvalue weighted by molar-refractivity contribution is 0.198. The third kappa shape index (κ3) is 2.04. The van der Waals surface area contributed by atoms with Gasteiger partial charge in [0, 0.05) is 0 Å². The zero-order valence-corrected chi connectivity index (χ0v) is 8.93. The first kappa shape index (κ1) is 11.3. The van der Waals surface area contributed by atoms with E-state index in [4.69, 9.17) is 10.5 Å². The second-order valence-corrected chi connectivity index (χ2v) is 4.01. The van der Waals surface area contributed by atoms with Crippen LogP contribution in [-0.4, -0.2) is 8.42 Å². The monoisotopic (exact) mass is 252 g/mol. The lowest BCUT2D eigenvalue weighted by atomic mass is 10.1. The highest BCUT2D eigenvalue weighted by atomic mass is 32.3. The topological polar surface area (TPSA) is 115 Å². The van der Waals surface area contributed by atoms with E-state index in [1.54, 1.807) is 6.07 Å². The fourth-order valence-corrected chi connectivity index (χ4v) is 1.69. The molecule has 1 aliphatic heterocycles. The van der Waals surface area contributed by atoms with E-state index in [0.29, 0.717) is 5.17 Å². The normalized spacial score (nSPS) is 17.4. The van der Waals surface area contributed by atoms with Crippen molar-refractivity contribution < 1.29 is 17.0 Å². The minimum absolute atomic E-state index is 0.0248. The molecule has 1 aromatic rings. The van der Waals surface area contributed by atoms with Crippen LogP contribution in [0.3, 0.4) is 0 Å². The molecule has 0 spiro atoms. The van der Waals surface area contributed by atoms with Crippen LogP contribution in [0.4, 0.5) is 5.69 Å². The first-order valence-corrected chi connectivity index (χ1v) is 5.53. The van der Waals surface area contributed by atoms with Gasteiger partial charge in [0.15, 0.2) is 0 Å². The van der Waals surface area contributed by atoms with Gasteiger partial charge >= 0.3 is 10.4 Å². The van der Waals surface area contributed by atoms with Crippen LogP contribution < -0.4 is 10.8 Å². The summed E-state index contributed by atoms with van der Waals surface area (Å²) in [5.74, 6) is 0. The molecule has 0 unspecified atom stereocenters. The summed E-state index contributed by atoms with van der Waals surface area (Å²) in [7, 11) is -4.17. The highest BCUT2D eigenvalue weighted by molar-refractivity contribution is 7.82. The third-order valence-electron chi connectivity index (χ3n) is 1.88. The summed E-state index contributed by atoms with van der Waals surface area (Å²) in [4.78, 5) is 0. The van der Waals surface area contributed by atoms with Crippen LogP contribution in [0.25, 0.3) is 0 Å². The molecule has 1 N–H and O–H groups in total. The lowest BCUT2D eigenvalue weighted by Gasteiger charge is -2.12. The first-order valence-electron chi connectivity index (χ1n) is 4.19. The van der Waals surface area contributed by atoms with Crippen LogP contribution in [0.5, 0.6) is 0 Å². The van der Waals surface area contributed by atoms with Gasteiger partial charge in [0.1, 0.15) is 17.8 Å². The van der Waals surface area contributed by atoms with E-state index in [-0.39, 0.29) is 16.8 Å². The van der Waals surface area contributed by atoms with Crippen molar-refractivity contribution in [2.45, 2.75) is 0 Å². The first-order chi connectivity index (χ1) is 8.07. The molecular formula is C8H4N4O4S. The average Bonchev–Trinajstić information content (AvgIpc) is 2.68. The van der Waals surface area contributed by atoms with Crippen molar-refractivity contribution in [1.82, 2.24) is 5.59 Å². The van der Waals surface area contributed by atoms with Crippen LogP contribution in [0.15, 0.2) is 18.2 Å². The van der Waals surface area contributed by atoms with Gasteiger partial charge in [0.05, 0.1) is 11.1 Å². The summed E-state index contributed by atoms with van der Waals surface area (Å²) < 4.78 is 30.2. The van der Waals surface area contributed by atoms with Gasteiger partial charge in [-0.1, -0.05) is 11.7 Å². The largest absolute Gasteiger partial charge is 0.440 e. The number of nitrogens with one attached hydrogen (secondary N) is 1. The van der Waals surface area contributed by atoms with Crippen molar-refractivity contribution in [2.24, 2.45) is 0 Å². The summed E-state index contributed by atoms with van der Waals surface area (Å²) in [6.45, 7) is 0. The number of nitrogens with zero attached hydrogens (tertiary/aromatic N) is 3. The molecule has 1 aliphatic rings. The molecule has 0 bridgehead atoms. The van der Waals surface area contributed by atoms with E-state index in [1.165, 1.54) is 18.2 Å². The van der Waals surface area contributed by atoms with Gasteiger partial charge < -0.3 is 0 Å². The van der Waals surface area contributed by atoms with E-state index < -0.39 is 10.4 Å². The molecule has 0 atom stereocenters. The van der Waals surface area contributed by atoms with Gasteiger partial charge in [-0.25, -0.2) is 0 Å². The van der Waals surface area contributed by atoms with Crippen molar-refractivity contribution in [1.29, 1.82) is 10.5 Å². The molecule has 0 saturated carbocycles. The van der Waals surface area contributed by atoms with E-state index in [1.807, 2.05) is 11.7 Å². The van der Waals surface area contributed by atoms with Crippen LogP contribution in [-0.2, 0) is 19.0 Å². The zero-order valence-electron chi connectivity index (χ0n) is 8.11. The summed E-state index contributed by atoms with van der Waals surface area (Å²) in [6.07, 6.45) is 0. The molecule has 0 aromatic heterocycles. The SMILES string of the molecule is N#Cc1cccc(N2NOS(=O)(=O)O2)c1C#N. The summed E-state index contributed by atoms with van der Waals surface area (Å²) in [5, 5.41) is 18.4. The molecule has 8 nitrogen and oxygen atoms in total. The zero-order chi connectivity index (χ0) is 12.5. The van der Waals surface area contributed by atoms with Gasteiger partial charge in [-0.05, 0) is 12.1 Å². The van der Waals surface area contributed by atoms with Crippen molar-refractivity contribution in [3.05, 3.63) is 29.3 Å². The molecule has 0 aliphatic carbocycles. The standard InChI is InChI=1S/C8H4N4O4S/c9-4-6-2-1-3-8(7(6)5-10)12-11-15-17(13,14)16-12/h1-3,11H. The van der Waals surface area contributed by atoms with Crippen molar-refractivity contribution in [2.75, 3.05) is 5.17 Å². The smallest absolute Gasteiger partial charge is 0.192 e. The van der Waals surface area contributed by atoms with E-state index in [0.717, 1.165) is 0 Å². The Morgan fingerprint density at radius 1 is 1.29 bits per heavy atom. The maximum Gasteiger partial charge on any atom is 0.440 e. The van der Waals surface area contributed by atoms with Gasteiger partial charge in [-0.3, -0.25) is 0 Å². The van der Waals surface area contributed by atoms with Gasteiger partial charge in [-0.2, -0.15) is 18.9 Å². The molecule has 1 aromatic carbocycles. The Morgan fingerprint density at radius 3 is 2.59 bits per heavy atom. The fraction of sp³-hybridized carbons (Fsp3) is 0. The highest BCUT2D eigenvalue weighted by Crippen LogP contribution is 2.25. The summed E-state index contributed by atoms with van der Waals surface area (Å²) in [5.41, 5.74) is 2.09. The molecule has 9 heteroatoms. The number of hydrogen-bond donors (Lipinski definition) is 1. The quantitative estimate of drug-likeness (QED) is 0.734. The molecule has 86 valence electrons. The molecule has 17 heavy (non-hydrogen) atoms. The minimum Gasteiger partial charge on any atom is -0.192 e. The highest BCUT2D eigenvalue weighted by Gasteiger charge is 2.31. The van der Waals surface area contributed by atoms with Crippen molar-refractivity contribution >= 4 is 16.1 Å². The third-order valence-corrected chi connectivity index (χ3v) is 2.49. The number of hydrazine groups is 1. The molecule has 2 rings (SSSR count). The second kappa shape index (κ2) is 4.01. The predicted molar refractivity (Wildman–Crippen MR) is 52.6 cm³/mol. The fourth-order valence-electron chi connectivity index (χ4n) is 1.21. The minimum atomic E-state index is -4.17. The second-order valence-electron chi connectivity index (χ2n) is 2.88. The van der Waals surface area contributed by atoms with Crippen LogP contribution in [0.2, 0.25) is 0 Å². The van der Waals surface area contributed by atoms with E-state index >= 15 is 0 Å². The Morgan fingerprint density at radius 2 is 2.06 bits per heavy atom. The molecule has 0 radical (unpaired) electrons. The van der Waals surface area contributed by atoms with Gasteiger partial charge in [0.25, 0.3) is 0 Å². The lowest BCUT2D eigenvalue weighted by Crippen LogP contribution is -2.29. The maximum absolute atomic E-state index is 10.9. The molecule has 1 heterocycles. The Hall–Kier alpha value is -2.17. The number of benzene rings is 1. The molecule has 1 saturated heterocycles. The van der Waals surface area contributed by atoms with Crippen LogP contribution in [0, 0.1) is 22.7 Å². The Kier molecular flexibility index (Phi) is 2.67. The van der Waals surface area contributed by atoms with Crippen LogP contribution >= 0.6 is 0 Å². The number of rotatable bonds is 1. The van der Waals surface area contributed by atoms with Crippen LogP contribution in [0.1, 0.15) is 11.1 Å². The summed E-state index contributed by atoms with van der Waals surface area (Å²) in [6, 6.07) is 7.89. The predicted octanol–water partition coefficient (Wildman–Crippen LogP) is -0.137. The Labute approximate surface area is 96.4 Å². The van der Waals surface area contributed by atoms with Crippen molar-refractivity contribution in [3.8, 4) is 12.1 Å². The van der Waals surface area contributed by atoms with E-state index in [9.17, 15) is 8.42 Å². The van der Waals surface area contributed by atoms with Crippen molar-refractivity contribution in [3.63, 3.8) is 0 Å². The number of hydrogen-bond acceptors (Lipinski definition) is 8. The maximum atomic E-state index is 10.9. The molecule has 0 amide bonds. The van der Waals surface area contributed by atoms with E-state index in [2.05, 4.69) is 8.57 Å². The number of anilines is 1. The average molecular weight is 252 g/mol. The Bertz CT molecular complexity index is 642. The van der Waals surface area contributed by atoms with Gasteiger partial charge in [0.2, 0.25) is 0 Å². The number of nitriles is 2.